The Bertz CT molecular complexity index is 901. The van der Waals surface area contributed by atoms with Gasteiger partial charge >= 0.3 is 0 Å². The van der Waals surface area contributed by atoms with Crippen molar-refractivity contribution in [3.63, 3.8) is 0 Å². The molecule has 0 aliphatic heterocycles. The predicted molar refractivity (Wildman–Crippen MR) is 111 cm³/mol. The minimum atomic E-state index is 0.0756. The van der Waals surface area contributed by atoms with E-state index < -0.39 is 0 Å². The lowest BCUT2D eigenvalue weighted by Gasteiger charge is -2.14. The number of para-hydroxylation sites is 2. The molecule has 0 saturated carbocycles. The molecular formula is C21H25N5O2. The van der Waals surface area contributed by atoms with Crippen molar-refractivity contribution in [2.75, 3.05) is 24.3 Å². The van der Waals surface area contributed by atoms with E-state index in [0.717, 1.165) is 30.2 Å². The third-order valence-corrected chi connectivity index (χ3v) is 3.91. The van der Waals surface area contributed by atoms with Crippen LogP contribution in [0.1, 0.15) is 19.4 Å². The van der Waals surface area contributed by atoms with Gasteiger partial charge in [0.15, 0.2) is 5.82 Å². The van der Waals surface area contributed by atoms with E-state index >= 15 is 0 Å². The van der Waals surface area contributed by atoms with Gasteiger partial charge in [0.2, 0.25) is 5.95 Å². The van der Waals surface area contributed by atoms with E-state index in [1.54, 1.807) is 13.3 Å². The first-order valence-electron chi connectivity index (χ1n) is 9.23. The van der Waals surface area contributed by atoms with Crippen molar-refractivity contribution in [1.82, 2.24) is 15.2 Å². The normalized spacial score (nSPS) is 10.6. The average Bonchev–Trinajstić information content (AvgIpc) is 2.70. The largest absolute Gasteiger partial charge is 0.497 e. The third kappa shape index (κ3) is 5.57. The lowest BCUT2D eigenvalue weighted by atomic mass is 10.1. The Morgan fingerprint density at radius 2 is 1.93 bits per heavy atom. The van der Waals surface area contributed by atoms with Crippen molar-refractivity contribution in [2.45, 2.75) is 26.4 Å². The van der Waals surface area contributed by atoms with Gasteiger partial charge in [-0.2, -0.15) is 10.1 Å². The Labute approximate surface area is 165 Å². The molecule has 146 valence electrons. The number of rotatable bonds is 9. The van der Waals surface area contributed by atoms with Crippen LogP contribution in [0.4, 0.5) is 17.5 Å². The van der Waals surface area contributed by atoms with E-state index in [0.29, 0.717) is 11.8 Å². The molecule has 3 aromatic rings. The van der Waals surface area contributed by atoms with Crippen LogP contribution in [0, 0.1) is 0 Å². The molecule has 0 atom stereocenters. The molecule has 1 aromatic heterocycles. The summed E-state index contributed by atoms with van der Waals surface area (Å²) in [6.45, 7) is 4.70. The quantitative estimate of drug-likeness (QED) is 0.580. The second-order valence-corrected chi connectivity index (χ2v) is 6.48. The highest BCUT2D eigenvalue weighted by molar-refractivity contribution is 5.62. The van der Waals surface area contributed by atoms with Crippen molar-refractivity contribution in [1.29, 1.82) is 0 Å². The van der Waals surface area contributed by atoms with Crippen molar-refractivity contribution in [3.05, 3.63) is 60.3 Å². The molecule has 0 amide bonds. The number of ether oxygens (including phenoxy) is 2. The maximum absolute atomic E-state index is 5.82. The maximum Gasteiger partial charge on any atom is 0.249 e. The zero-order valence-corrected chi connectivity index (χ0v) is 16.3. The fourth-order valence-electron chi connectivity index (χ4n) is 2.65. The van der Waals surface area contributed by atoms with Gasteiger partial charge in [0.05, 0.1) is 25.1 Å². The highest BCUT2D eigenvalue weighted by Crippen LogP contribution is 2.27. The smallest absolute Gasteiger partial charge is 0.249 e. The molecule has 0 saturated heterocycles. The SMILES string of the molecule is COc1cccc(CCNc2cnnc(Nc3ccccc3OC(C)C)n2)c1. The first kappa shape index (κ1) is 19.4. The van der Waals surface area contributed by atoms with Crippen LogP contribution in [-0.2, 0) is 6.42 Å². The summed E-state index contributed by atoms with van der Waals surface area (Å²) in [6, 6.07) is 15.7. The summed E-state index contributed by atoms with van der Waals surface area (Å²) >= 11 is 0. The first-order chi connectivity index (χ1) is 13.6. The number of aromatic nitrogens is 3. The first-order valence-corrected chi connectivity index (χ1v) is 9.23. The van der Waals surface area contributed by atoms with Crippen molar-refractivity contribution in [3.8, 4) is 11.5 Å². The monoisotopic (exact) mass is 379 g/mol. The van der Waals surface area contributed by atoms with E-state index in [9.17, 15) is 0 Å². The Kier molecular flexibility index (Phi) is 6.62. The standard InChI is InChI=1S/C21H25N5O2/c1-15(2)28-19-10-5-4-9-18(19)24-21-25-20(14-23-26-21)22-12-11-16-7-6-8-17(13-16)27-3/h4-10,13-15H,11-12H2,1-3H3,(H2,22,24,25,26). The predicted octanol–water partition coefficient (Wildman–Crippen LogP) is 4.07. The number of nitrogens with one attached hydrogen (secondary N) is 2. The van der Waals surface area contributed by atoms with Crippen LogP contribution in [0.15, 0.2) is 54.7 Å². The van der Waals surface area contributed by atoms with E-state index in [-0.39, 0.29) is 6.10 Å². The maximum atomic E-state index is 5.82. The summed E-state index contributed by atoms with van der Waals surface area (Å²) in [4.78, 5) is 4.48. The average molecular weight is 379 g/mol. The molecule has 0 spiro atoms. The van der Waals surface area contributed by atoms with Gasteiger partial charge < -0.3 is 20.1 Å². The van der Waals surface area contributed by atoms with Gasteiger partial charge in [-0.15, -0.1) is 5.10 Å². The molecule has 0 radical (unpaired) electrons. The Morgan fingerprint density at radius 3 is 2.75 bits per heavy atom. The van der Waals surface area contributed by atoms with Gasteiger partial charge in [-0.1, -0.05) is 24.3 Å². The van der Waals surface area contributed by atoms with Crippen LogP contribution in [-0.4, -0.2) is 34.9 Å². The Balaban J connectivity index is 1.61. The lowest BCUT2D eigenvalue weighted by molar-refractivity contribution is 0.244. The molecule has 1 heterocycles. The molecular weight excluding hydrogens is 354 g/mol. The summed E-state index contributed by atoms with van der Waals surface area (Å²) in [5.74, 6) is 2.67. The van der Waals surface area contributed by atoms with Crippen molar-refractivity contribution >= 4 is 17.5 Å². The molecule has 0 unspecified atom stereocenters. The summed E-state index contributed by atoms with van der Waals surface area (Å²) in [6.07, 6.45) is 2.52. The lowest BCUT2D eigenvalue weighted by Crippen LogP contribution is -2.10. The molecule has 7 heteroatoms. The zero-order valence-electron chi connectivity index (χ0n) is 16.3. The van der Waals surface area contributed by atoms with Crippen LogP contribution in [0.2, 0.25) is 0 Å². The molecule has 0 fully saturated rings. The van der Waals surface area contributed by atoms with Gasteiger partial charge in [0.25, 0.3) is 0 Å². The van der Waals surface area contributed by atoms with Gasteiger partial charge in [-0.3, -0.25) is 0 Å². The molecule has 2 N–H and O–H groups in total. The summed E-state index contributed by atoms with van der Waals surface area (Å²) < 4.78 is 11.1. The molecule has 3 rings (SSSR count). The second kappa shape index (κ2) is 9.55. The van der Waals surface area contributed by atoms with Gasteiger partial charge in [0, 0.05) is 6.54 Å². The van der Waals surface area contributed by atoms with Crippen LogP contribution >= 0.6 is 0 Å². The summed E-state index contributed by atoms with van der Waals surface area (Å²) in [7, 11) is 1.67. The molecule has 28 heavy (non-hydrogen) atoms. The van der Waals surface area contributed by atoms with Gasteiger partial charge in [-0.25, -0.2) is 0 Å². The second-order valence-electron chi connectivity index (χ2n) is 6.48. The number of methoxy groups -OCH3 is 1. The van der Waals surface area contributed by atoms with E-state index in [1.807, 2.05) is 56.3 Å². The third-order valence-electron chi connectivity index (χ3n) is 3.91. The summed E-state index contributed by atoms with van der Waals surface area (Å²) in [5, 5.41) is 14.5. The fourth-order valence-corrected chi connectivity index (χ4v) is 2.65. The Morgan fingerprint density at radius 1 is 1.07 bits per heavy atom. The van der Waals surface area contributed by atoms with Crippen molar-refractivity contribution < 1.29 is 9.47 Å². The molecule has 0 bridgehead atoms. The van der Waals surface area contributed by atoms with Gasteiger partial charge in [-0.05, 0) is 50.1 Å². The fraction of sp³-hybridized carbons (Fsp3) is 0.286. The molecule has 0 aliphatic carbocycles. The van der Waals surface area contributed by atoms with Crippen molar-refractivity contribution in [2.24, 2.45) is 0 Å². The van der Waals surface area contributed by atoms with Crippen LogP contribution < -0.4 is 20.1 Å². The minimum Gasteiger partial charge on any atom is -0.497 e. The van der Waals surface area contributed by atoms with Crippen LogP contribution in [0.3, 0.4) is 0 Å². The van der Waals surface area contributed by atoms with E-state index in [2.05, 4.69) is 31.9 Å². The number of hydrogen-bond donors (Lipinski definition) is 2. The zero-order chi connectivity index (χ0) is 19.8. The van der Waals surface area contributed by atoms with E-state index in [1.165, 1.54) is 5.56 Å². The Hall–Kier alpha value is -3.35. The van der Waals surface area contributed by atoms with E-state index in [4.69, 9.17) is 9.47 Å². The topological polar surface area (TPSA) is 81.2 Å². The number of nitrogens with zero attached hydrogens (tertiary/aromatic N) is 3. The number of benzene rings is 2. The van der Waals surface area contributed by atoms with Crippen LogP contribution in [0.25, 0.3) is 0 Å². The highest BCUT2D eigenvalue weighted by Gasteiger charge is 2.08. The molecule has 0 aliphatic rings. The summed E-state index contributed by atoms with van der Waals surface area (Å²) in [5.41, 5.74) is 1.98. The van der Waals surface area contributed by atoms with Gasteiger partial charge in [0.1, 0.15) is 11.5 Å². The highest BCUT2D eigenvalue weighted by atomic mass is 16.5. The number of anilines is 3. The van der Waals surface area contributed by atoms with Crippen LogP contribution in [0.5, 0.6) is 11.5 Å². The molecule has 7 nitrogen and oxygen atoms in total. The minimum absolute atomic E-state index is 0.0756. The molecule has 2 aromatic carbocycles. The number of hydrogen-bond acceptors (Lipinski definition) is 7.